The fourth-order valence-corrected chi connectivity index (χ4v) is 6.76. The van der Waals surface area contributed by atoms with E-state index < -0.39 is 0 Å². The number of nitrogens with zero attached hydrogens (tertiary/aromatic N) is 1. The average molecular weight is 338 g/mol. The SMILES string of the molecule is C[C@H](NCC12CC3CC(CC(C3)C1)C2)C(=O)N1CCc2ccccc21. The van der Waals surface area contributed by atoms with Gasteiger partial charge in [0, 0.05) is 18.8 Å². The number of carbonyl (C=O) groups is 1. The molecule has 25 heavy (non-hydrogen) atoms. The molecule has 3 heteroatoms. The summed E-state index contributed by atoms with van der Waals surface area (Å²) in [6.07, 6.45) is 9.65. The molecule has 134 valence electrons. The predicted octanol–water partition coefficient (Wildman–Crippen LogP) is 3.77. The molecule has 1 aromatic rings. The normalized spacial score (nSPS) is 36.5. The lowest BCUT2D eigenvalue weighted by molar-refractivity contribution is -0.120. The van der Waals surface area contributed by atoms with Crippen molar-refractivity contribution in [3.63, 3.8) is 0 Å². The minimum atomic E-state index is -0.0841. The first-order chi connectivity index (χ1) is 12.1. The van der Waals surface area contributed by atoms with Gasteiger partial charge in [-0.3, -0.25) is 4.79 Å². The Morgan fingerprint density at radius 3 is 2.48 bits per heavy atom. The molecule has 6 rings (SSSR count). The summed E-state index contributed by atoms with van der Waals surface area (Å²) in [6.45, 7) is 3.93. The molecule has 0 unspecified atom stereocenters. The number of amides is 1. The van der Waals surface area contributed by atoms with Crippen molar-refractivity contribution in [1.29, 1.82) is 0 Å². The van der Waals surface area contributed by atoms with E-state index in [9.17, 15) is 4.79 Å². The third-order valence-electron chi connectivity index (χ3n) is 7.47. The molecule has 0 spiro atoms. The van der Waals surface area contributed by atoms with Gasteiger partial charge in [0.15, 0.2) is 0 Å². The Bertz CT molecular complexity index is 647. The zero-order valence-corrected chi connectivity index (χ0v) is 15.3. The van der Waals surface area contributed by atoms with Crippen LogP contribution in [0.2, 0.25) is 0 Å². The van der Waals surface area contributed by atoms with Gasteiger partial charge in [-0.15, -0.1) is 0 Å². The summed E-state index contributed by atoms with van der Waals surface area (Å²) in [5.74, 6) is 3.17. The Hall–Kier alpha value is -1.35. The Morgan fingerprint density at radius 2 is 1.80 bits per heavy atom. The predicted molar refractivity (Wildman–Crippen MR) is 101 cm³/mol. The first-order valence-electron chi connectivity index (χ1n) is 10.2. The van der Waals surface area contributed by atoms with Crippen LogP contribution < -0.4 is 10.2 Å². The van der Waals surface area contributed by atoms with Gasteiger partial charge in [0.1, 0.15) is 0 Å². The summed E-state index contributed by atoms with van der Waals surface area (Å²) < 4.78 is 0. The van der Waals surface area contributed by atoms with Gasteiger partial charge < -0.3 is 10.2 Å². The highest BCUT2D eigenvalue weighted by atomic mass is 16.2. The lowest BCUT2D eigenvalue weighted by Gasteiger charge is -2.57. The van der Waals surface area contributed by atoms with E-state index in [0.29, 0.717) is 5.41 Å². The fraction of sp³-hybridized carbons (Fsp3) is 0.682. The van der Waals surface area contributed by atoms with Crippen molar-refractivity contribution < 1.29 is 4.79 Å². The quantitative estimate of drug-likeness (QED) is 0.906. The Labute approximate surface area is 151 Å². The molecule has 1 amide bonds. The molecule has 3 nitrogen and oxygen atoms in total. The molecule has 1 aromatic carbocycles. The number of hydrogen-bond acceptors (Lipinski definition) is 2. The van der Waals surface area contributed by atoms with Crippen molar-refractivity contribution in [2.75, 3.05) is 18.0 Å². The third kappa shape index (κ3) is 2.71. The van der Waals surface area contributed by atoms with Gasteiger partial charge in [0.25, 0.3) is 0 Å². The number of para-hydroxylation sites is 1. The van der Waals surface area contributed by atoms with Gasteiger partial charge in [-0.1, -0.05) is 18.2 Å². The van der Waals surface area contributed by atoms with Crippen LogP contribution >= 0.6 is 0 Å². The molecule has 1 heterocycles. The molecular formula is C22H30N2O. The van der Waals surface area contributed by atoms with Crippen LogP contribution in [0.1, 0.15) is 51.0 Å². The van der Waals surface area contributed by atoms with E-state index in [1.165, 1.54) is 44.1 Å². The Morgan fingerprint density at radius 1 is 1.16 bits per heavy atom. The molecule has 0 aromatic heterocycles. The number of anilines is 1. The summed E-state index contributed by atoms with van der Waals surface area (Å²) >= 11 is 0. The van der Waals surface area contributed by atoms with E-state index in [0.717, 1.165) is 43.0 Å². The molecule has 1 atom stereocenters. The van der Waals surface area contributed by atoms with Crippen LogP contribution in [0, 0.1) is 23.2 Å². The van der Waals surface area contributed by atoms with Crippen molar-refractivity contribution in [3.8, 4) is 0 Å². The van der Waals surface area contributed by atoms with Crippen LogP contribution in [0.4, 0.5) is 5.69 Å². The first kappa shape index (κ1) is 15.9. The lowest BCUT2D eigenvalue weighted by Crippen LogP contribution is -2.53. The summed E-state index contributed by atoms with van der Waals surface area (Å²) in [6, 6.07) is 8.26. The molecule has 0 radical (unpaired) electrons. The Kier molecular flexibility index (Phi) is 3.70. The topological polar surface area (TPSA) is 32.3 Å². The third-order valence-corrected chi connectivity index (χ3v) is 7.47. The maximum absolute atomic E-state index is 13.0. The molecule has 1 N–H and O–H groups in total. The molecular weight excluding hydrogens is 308 g/mol. The van der Waals surface area contributed by atoms with Crippen LogP contribution in [0.5, 0.6) is 0 Å². The highest BCUT2D eigenvalue weighted by Crippen LogP contribution is 2.59. The van der Waals surface area contributed by atoms with Gasteiger partial charge >= 0.3 is 0 Å². The second kappa shape index (κ2) is 5.84. The minimum absolute atomic E-state index is 0.0841. The average Bonchev–Trinajstić information content (AvgIpc) is 3.02. The summed E-state index contributed by atoms with van der Waals surface area (Å²) in [5, 5.41) is 3.66. The summed E-state index contributed by atoms with van der Waals surface area (Å²) in [5.41, 5.74) is 2.92. The van der Waals surface area contributed by atoms with Gasteiger partial charge in [-0.05, 0) is 86.7 Å². The standard InChI is InChI=1S/C22H30N2O/c1-15(21(25)24-7-6-19-4-2-3-5-20(19)24)23-14-22-11-16-8-17(12-22)10-18(9-16)13-22/h2-5,15-18,23H,6-14H2,1H3/t15-,16?,17?,18?,22?/m0/s1. The summed E-state index contributed by atoms with van der Waals surface area (Å²) in [7, 11) is 0. The second-order valence-corrected chi connectivity index (χ2v) is 9.39. The van der Waals surface area contributed by atoms with E-state index in [1.807, 2.05) is 11.0 Å². The van der Waals surface area contributed by atoms with Crippen LogP contribution in [0.25, 0.3) is 0 Å². The monoisotopic (exact) mass is 338 g/mol. The number of benzene rings is 1. The van der Waals surface area contributed by atoms with Crippen molar-refractivity contribution in [1.82, 2.24) is 5.32 Å². The molecule has 0 saturated heterocycles. The highest BCUT2D eigenvalue weighted by molar-refractivity contribution is 5.98. The molecule has 5 aliphatic rings. The van der Waals surface area contributed by atoms with E-state index >= 15 is 0 Å². The smallest absolute Gasteiger partial charge is 0.243 e. The molecule has 1 aliphatic heterocycles. The molecule has 4 bridgehead atoms. The maximum Gasteiger partial charge on any atom is 0.243 e. The fourth-order valence-electron chi connectivity index (χ4n) is 6.76. The number of rotatable bonds is 4. The van der Waals surface area contributed by atoms with Crippen molar-refractivity contribution >= 4 is 11.6 Å². The van der Waals surface area contributed by atoms with E-state index in [-0.39, 0.29) is 11.9 Å². The number of fused-ring (bicyclic) bond motifs is 1. The number of carbonyl (C=O) groups excluding carboxylic acids is 1. The highest BCUT2D eigenvalue weighted by Gasteiger charge is 2.50. The summed E-state index contributed by atoms with van der Waals surface area (Å²) in [4.78, 5) is 15.0. The van der Waals surface area contributed by atoms with Crippen molar-refractivity contribution in [3.05, 3.63) is 29.8 Å². The van der Waals surface area contributed by atoms with Crippen LogP contribution in [0.15, 0.2) is 24.3 Å². The van der Waals surface area contributed by atoms with E-state index in [4.69, 9.17) is 0 Å². The largest absolute Gasteiger partial charge is 0.310 e. The van der Waals surface area contributed by atoms with Crippen LogP contribution in [0.3, 0.4) is 0 Å². The van der Waals surface area contributed by atoms with Gasteiger partial charge in [0.2, 0.25) is 5.91 Å². The van der Waals surface area contributed by atoms with E-state index in [1.54, 1.807) is 0 Å². The molecule has 4 saturated carbocycles. The first-order valence-corrected chi connectivity index (χ1v) is 10.2. The van der Waals surface area contributed by atoms with Gasteiger partial charge in [0.05, 0.1) is 6.04 Å². The molecule has 4 aliphatic carbocycles. The lowest BCUT2D eigenvalue weighted by atomic mass is 9.49. The van der Waals surface area contributed by atoms with Crippen LogP contribution in [-0.4, -0.2) is 25.0 Å². The van der Waals surface area contributed by atoms with E-state index in [2.05, 4.69) is 30.4 Å². The Balaban J connectivity index is 1.24. The van der Waals surface area contributed by atoms with Crippen LogP contribution in [-0.2, 0) is 11.2 Å². The van der Waals surface area contributed by atoms with Gasteiger partial charge in [-0.25, -0.2) is 0 Å². The number of hydrogen-bond donors (Lipinski definition) is 1. The molecule has 4 fully saturated rings. The van der Waals surface area contributed by atoms with Crippen molar-refractivity contribution in [2.24, 2.45) is 23.2 Å². The zero-order chi connectivity index (χ0) is 17.0. The van der Waals surface area contributed by atoms with Crippen molar-refractivity contribution in [2.45, 2.75) is 57.9 Å². The number of nitrogens with one attached hydrogen (secondary N) is 1. The zero-order valence-electron chi connectivity index (χ0n) is 15.3. The minimum Gasteiger partial charge on any atom is -0.310 e. The maximum atomic E-state index is 13.0. The second-order valence-electron chi connectivity index (χ2n) is 9.39. The van der Waals surface area contributed by atoms with Gasteiger partial charge in [-0.2, -0.15) is 0 Å².